The molecule has 0 unspecified atom stereocenters. The Morgan fingerprint density at radius 3 is 2.85 bits per heavy atom. The molecule has 0 saturated carbocycles. The minimum atomic E-state index is -0.467. The number of nitrogens with one attached hydrogen (secondary N) is 1. The minimum absolute atomic E-state index is 0.0565. The molecule has 0 spiro atoms. The first-order valence-electron chi connectivity index (χ1n) is 5.84. The van der Waals surface area contributed by atoms with Crippen LogP contribution in [0.1, 0.15) is 0 Å². The molecule has 100 valence electrons. The molecule has 2 heterocycles. The van der Waals surface area contributed by atoms with Crippen LogP contribution in [0.5, 0.6) is 0 Å². The number of hydrogen-bond donors (Lipinski definition) is 1. The second kappa shape index (κ2) is 4.57. The van der Waals surface area contributed by atoms with Crippen molar-refractivity contribution in [2.45, 2.75) is 0 Å². The fourth-order valence-corrected chi connectivity index (χ4v) is 1.88. The lowest BCUT2D eigenvalue weighted by molar-refractivity contribution is -0.384. The summed E-state index contributed by atoms with van der Waals surface area (Å²) in [7, 11) is 1.65. The quantitative estimate of drug-likeness (QED) is 0.575. The van der Waals surface area contributed by atoms with Gasteiger partial charge in [0.05, 0.1) is 22.6 Å². The van der Waals surface area contributed by atoms with Crippen molar-refractivity contribution < 1.29 is 4.92 Å². The van der Waals surface area contributed by atoms with Crippen molar-refractivity contribution in [3.63, 3.8) is 0 Å². The molecular formula is C12H10N6O2. The first kappa shape index (κ1) is 12.0. The maximum atomic E-state index is 11.0. The molecule has 8 nitrogen and oxygen atoms in total. The van der Waals surface area contributed by atoms with E-state index in [0.29, 0.717) is 17.2 Å². The summed E-state index contributed by atoms with van der Waals surface area (Å²) in [5.74, 6) is 0.742. The zero-order valence-electron chi connectivity index (χ0n) is 10.5. The van der Waals surface area contributed by atoms with E-state index < -0.39 is 4.92 Å². The lowest BCUT2D eigenvalue weighted by atomic mass is 10.3. The molecule has 0 saturated heterocycles. The van der Waals surface area contributed by atoms with E-state index >= 15 is 0 Å². The van der Waals surface area contributed by atoms with E-state index in [4.69, 9.17) is 0 Å². The Balaban J connectivity index is 2.23. The number of hydrogen-bond acceptors (Lipinski definition) is 6. The second-order valence-electron chi connectivity index (χ2n) is 4.07. The van der Waals surface area contributed by atoms with Crippen LogP contribution >= 0.6 is 0 Å². The second-order valence-corrected chi connectivity index (χ2v) is 4.07. The first-order chi connectivity index (χ1) is 9.69. The molecule has 8 heteroatoms. The Morgan fingerprint density at radius 2 is 2.10 bits per heavy atom. The van der Waals surface area contributed by atoms with Crippen molar-refractivity contribution in [2.75, 3.05) is 12.4 Å². The van der Waals surface area contributed by atoms with Gasteiger partial charge in [-0.05, 0) is 12.1 Å². The van der Waals surface area contributed by atoms with E-state index in [2.05, 4.69) is 20.6 Å². The SMILES string of the molecule is CNc1cc([N+](=O)[O-])cc(-n2nnc3ccccc32)n1. The Labute approximate surface area is 113 Å². The summed E-state index contributed by atoms with van der Waals surface area (Å²) in [5, 5.41) is 21.8. The largest absolute Gasteiger partial charge is 0.373 e. The zero-order valence-corrected chi connectivity index (χ0v) is 10.5. The van der Waals surface area contributed by atoms with Crippen molar-refractivity contribution >= 4 is 22.5 Å². The van der Waals surface area contributed by atoms with Crippen LogP contribution in [-0.4, -0.2) is 31.9 Å². The molecule has 0 amide bonds. The molecule has 0 aliphatic rings. The highest BCUT2D eigenvalue weighted by molar-refractivity contribution is 5.75. The van der Waals surface area contributed by atoms with Gasteiger partial charge in [-0.1, -0.05) is 17.3 Å². The summed E-state index contributed by atoms with van der Waals surface area (Å²) in [6.07, 6.45) is 0. The fourth-order valence-electron chi connectivity index (χ4n) is 1.88. The molecule has 1 N–H and O–H groups in total. The summed E-state index contributed by atoms with van der Waals surface area (Å²) in [6, 6.07) is 10.1. The Morgan fingerprint density at radius 1 is 1.30 bits per heavy atom. The van der Waals surface area contributed by atoms with Gasteiger partial charge in [-0.25, -0.2) is 4.98 Å². The molecule has 3 rings (SSSR count). The molecule has 0 bridgehead atoms. The Bertz CT molecular complexity index is 797. The summed E-state index contributed by atoms with van der Waals surface area (Å²) < 4.78 is 1.48. The van der Waals surface area contributed by atoms with Gasteiger partial charge >= 0.3 is 0 Å². The van der Waals surface area contributed by atoms with Crippen molar-refractivity contribution in [2.24, 2.45) is 0 Å². The smallest absolute Gasteiger partial charge is 0.276 e. The molecular weight excluding hydrogens is 260 g/mol. The van der Waals surface area contributed by atoms with Gasteiger partial charge in [0, 0.05) is 7.05 Å². The standard InChI is InChI=1S/C12H10N6O2/c1-13-11-6-8(18(19)20)7-12(14-11)17-10-5-3-2-4-9(10)15-16-17/h2-7H,1H3,(H,13,14). The van der Waals surface area contributed by atoms with Crippen LogP contribution < -0.4 is 5.32 Å². The fraction of sp³-hybridized carbons (Fsp3) is 0.0833. The normalized spacial score (nSPS) is 10.7. The van der Waals surface area contributed by atoms with Crippen molar-refractivity contribution in [1.82, 2.24) is 20.0 Å². The highest BCUT2D eigenvalue weighted by Crippen LogP contribution is 2.21. The third kappa shape index (κ3) is 1.92. The minimum Gasteiger partial charge on any atom is -0.373 e. The summed E-state index contributed by atoms with van der Waals surface area (Å²) in [5.41, 5.74) is 1.38. The lowest BCUT2D eigenvalue weighted by Gasteiger charge is -2.04. The van der Waals surface area contributed by atoms with Gasteiger partial charge in [0.25, 0.3) is 5.69 Å². The van der Waals surface area contributed by atoms with E-state index in [-0.39, 0.29) is 5.69 Å². The molecule has 3 aromatic rings. The van der Waals surface area contributed by atoms with Crippen LogP contribution in [0.15, 0.2) is 36.4 Å². The van der Waals surface area contributed by atoms with E-state index in [1.165, 1.54) is 16.8 Å². The highest BCUT2D eigenvalue weighted by atomic mass is 16.6. The van der Waals surface area contributed by atoms with Crippen LogP contribution in [-0.2, 0) is 0 Å². The molecule has 0 fully saturated rings. The van der Waals surface area contributed by atoms with Crippen LogP contribution in [0.3, 0.4) is 0 Å². The molecule has 1 aromatic carbocycles. The molecule has 0 atom stereocenters. The molecule has 0 radical (unpaired) electrons. The lowest BCUT2D eigenvalue weighted by Crippen LogP contribution is -2.04. The van der Waals surface area contributed by atoms with Crippen molar-refractivity contribution in [3.05, 3.63) is 46.5 Å². The maximum Gasteiger partial charge on any atom is 0.276 e. The van der Waals surface area contributed by atoms with Gasteiger partial charge in [-0.15, -0.1) is 5.10 Å². The van der Waals surface area contributed by atoms with Gasteiger partial charge in [0.2, 0.25) is 0 Å². The Hall–Kier alpha value is -3.03. The third-order valence-electron chi connectivity index (χ3n) is 2.83. The number of aromatic nitrogens is 4. The van der Waals surface area contributed by atoms with Crippen LogP contribution in [0.4, 0.5) is 11.5 Å². The first-order valence-corrected chi connectivity index (χ1v) is 5.84. The third-order valence-corrected chi connectivity index (χ3v) is 2.83. The number of rotatable bonds is 3. The van der Waals surface area contributed by atoms with Crippen LogP contribution in [0.25, 0.3) is 16.9 Å². The van der Waals surface area contributed by atoms with E-state index in [1.807, 2.05) is 24.3 Å². The van der Waals surface area contributed by atoms with Gasteiger partial charge in [-0.2, -0.15) is 4.68 Å². The predicted molar refractivity (Wildman–Crippen MR) is 72.9 cm³/mol. The summed E-state index contributed by atoms with van der Waals surface area (Å²) in [4.78, 5) is 14.8. The topological polar surface area (TPSA) is 98.8 Å². The summed E-state index contributed by atoms with van der Waals surface area (Å²) >= 11 is 0. The molecule has 0 aliphatic heterocycles. The molecule has 2 aromatic heterocycles. The van der Waals surface area contributed by atoms with Crippen LogP contribution in [0, 0.1) is 10.1 Å². The van der Waals surface area contributed by atoms with Gasteiger partial charge < -0.3 is 5.32 Å². The van der Waals surface area contributed by atoms with Crippen molar-refractivity contribution in [1.29, 1.82) is 0 Å². The van der Waals surface area contributed by atoms with E-state index in [9.17, 15) is 10.1 Å². The molecule has 20 heavy (non-hydrogen) atoms. The Kier molecular flexibility index (Phi) is 2.75. The average molecular weight is 270 g/mol. The van der Waals surface area contributed by atoms with Gasteiger partial charge in [0.1, 0.15) is 11.3 Å². The average Bonchev–Trinajstić information content (AvgIpc) is 2.90. The number of para-hydroxylation sites is 1. The van der Waals surface area contributed by atoms with Gasteiger partial charge in [0.15, 0.2) is 5.82 Å². The number of nitrogens with zero attached hydrogens (tertiary/aromatic N) is 5. The maximum absolute atomic E-state index is 11.0. The highest BCUT2D eigenvalue weighted by Gasteiger charge is 2.14. The zero-order chi connectivity index (χ0) is 14.1. The monoisotopic (exact) mass is 270 g/mol. The predicted octanol–water partition coefficient (Wildman–Crippen LogP) is 1.77. The van der Waals surface area contributed by atoms with E-state index in [0.717, 1.165) is 5.52 Å². The number of anilines is 1. The number of fused-ring (bicyclic) bond motifs is 1. The molecule has 0 aliphatic carbocycles. The number of pyridine rings is 1. The van der Waals surface area contributed by atoms with E-state index in [1.54, 1.807) is 7.05 Å². The van der Waals surface area contributed by atoms with Crippen molar-refractivity contribution in [3.8, 4) is 5.82 Å². The van der Waals surface area contributed by atoms with Crippen LogP contribution in [0.2, 0.25) is 0 Å². The number of benzene rings is 1. The van der Waals surface area contributed by atoms with Gasteiger partial charge in [-0.3, -0.25) is 10.1 Å². The summed E-state index contributed by atoms with van der Waals surface area (Å²) in [6.45, 7) is 0. The number of nitro groups is 1.